The van der Waals surface area contributed by atoms with Crippen molar-refractivity contribution in [1.82, 2.24) is 5.32 Å². The van der Waals surface area contributed by atoms with Crippen LogP contribution in [0.5, 0.6) is 0 Å². The molecule has 0 spiro atoms. The van der Waals surface area contributed by atoms with Crippen LogP contribution in [0, 0.1) is 0 Å². The second-order valence-corrected chi connectivity index (χ2v) is 3.26. The third kappa shape index (κ3) is 3.24. The Morgan fingerprint density at radius 1 is 1.23 bits per heavy atom. The molecule has 5 heteroatoms. The minimum Gasteiger partial charge on any atom is -0.344 e. The topological polar surface area (TPSA) is 29.1 Å². The van der Waals surface area contributed by atoms with Crippen molar-refractivity contribution in [3.8, 4) is 0 Å². The fourth-order valence-corrected chi connectivity index (χ4v) is 1.39. The average molecular weight is 195 g/mol. The van der Waals surface area contributed by atoms with Crippen LogP contribution in [0.15, 0.2) is 0 Å². The van der Waals surface area contributed by atoms with Gasteiger partial charge >= 0.3 is 6.18 Å². The van der Waals surface area contributed by atoms with Crippen molar-refractivity contribution in [2.24, 2.45) is 0 Å². The molecular formula is C8H12F3NO. The molecule has 1 aliphatic heterocycles. The van der Waals surface area contributed by atoms with E-state index in [9.17, 15) is 18.0 Å². The summed E-state index contributed by atoms with van der Waals surface area (Å²) in [6.07, 6.45) is -2.14. The molecule has 0 aromatic rings. The normalized spacial score (nSPS) is 26.1. The van der Waals surface area contributed by atoms with Gasteiger partial charge in [0.1, 0.15) is 6.04 Å². The van der Waals surface area contributed by atoms with Crippen molar-refractivity contribution >= 4 is 5.91 Å². The van der Waals surface area contributed by atoms with Crippen LogP contribution in [-0.2, 0) is 4.79 Å². The first-order valence-corrected chi connectivity index (χ1v) is 4.36. The van der Waals surface area contributed by atoms with Gasteiger partial charge in [-0.15, -0.1) is 0 Å². The van der Waals surface area contributed by atoms with Crippen LogP contribution in [0.4, 0.5) is 13.2 Å². The molecule has 1 amide bonds. The summed E-state index contributed by atoms with van der Waals surface area (Å²) in [5.74, 6) is -0.484. The lowest BCUT2D eigenvalue weighted by Crippen LogP contribution is -2.45. The van der Waals surface area contributed by atoms with Gasteiger partial charge in [-0.25, -0.2) is 0 Å². The summed E-state index contributed by atoms with van der Waals surface area (Å²) in [7, 11) is 0. The first-order valence-electron chi connectivity index (χ1n) is 4.36. The number of carbonyl (C=O) groups is 1. The number of rotatable bonds is 0. The summed E-state index contributed by atoms with van der Waals surface area (Å²) in [5.41, 5.74) is 0. The van der Waals surface area contributed by atoms with Crippen molar-refractivity contribution in [3.63, 3.8) is 0 Å². The molecule has 0 saturated carbocycles. The highest BCUT2D eigenvalue weighted by atomic mass is 19.4. The van der Waals surface area contributed by atoms with Crippen molar-refractivity contribution in [2.75, 3.05) is 0 Å². The molecule has 13 heavy (non-hydrogen) atoms. The number of amides is 1. The predicted molar refractivity (Wildman–Crippen MR) is 41.1 cm³/mol. The quantitative estimate of drug-likeness (QED) is 0.629. The van der Waals surface area contributed by atoms with Gasteiger partial charge in [-0.3, -0.25) is 4.79 Å². The van der Waals surface area contributed by atoms with E-state index in [1.165, 1.54) is 0 Å². The predicted octanol–water partition coefficient (Wildman–Crippen LogP) is 2.00. The van der Waals surface area contributed by atoms with Crippen LogP contribution in [0.25, 0.3) is 0 Å². The molecule has 0 radical (unpaired) electrons. The highest BCUT2D eigenvalue weighted by molar-refractivity contribution is 5.76. The third-order valence-electron chi connectivity index (χ3n) is 2.13. The van der Waals surface area contributed by atoms with E-state index in [1.54, 1.807) is 0 Å². The van der Waals surface area contributed by atoms with Crippen molar-refractivity contribution in [3.05, 3.63) is 0 Å². The maximum absolute atomic E-state index is 12.2. The monoisotopic (exact) mass is 195 g/mol. The van der Waals surface area contributed by atoms with Gasteiger partial charge in [-0.1, -0.05) is 12.8 Å². The Hall–Kier alpha value is -0.740. The van der Waals surface area contributed by atoms with Crippen molar-refractivity contribution < 1.29 is 18.0 Å². The molecule has 0 aromatic carbocycles. The van der Waals surface area contributed by atoms with Gasteiger partial charge in [-0.2, -0.15) is 13.2 Å². The molecule has 1 rings (SSSR count). The van der Waals surface area contributed by atoms with E-state index in [2.05, 4.69) is 0 Å². The lowest BCUT2D eigenvalue weighted by molar-refractivity contribution is -0.164. The highest BCUT2D eigenvalue weighted by Gasteiger charge is 2.40. The Bertz CT molecular complexity index is 190. The number of hydrogen-bond acceptors (Lipinski definition) is 1. The fraction of sp³-hybridized carbons (Fsp3) is 0.875. The standard InChI is InChI=1S/C8H12F3NO/c9-8(10,11)6-4-2-1-3-5-7(13)12-6/h6H,1-5H2,(H,12,13). The van der Waals surface area contributed by atoms with E-state index in [4.69, 9.17) is 0 Å². The van der Waals surface area contributed by atoms with Crippen molar-refractivity contribution in [1.29, 1.82) is 0 Å². The summed E-state index contributed by atoms with van der Waals surface area (Å²) in [4.78, 5) is 10.9. The maximum atomic E-state index is 12.2. The molecule has 1 fully saturated rings. The van der Waals surface area contributed by atoms with E-state index >= 15 is 0 Å². The zero-order chi connectivity index (χ0) is 9.90. The van der Waals surface area contributed by atoms with E-state index in [1.807, 2.05) is 5.32 Å². The molecule has 2 nitrogen and oxygen atoms in total. The Morgan fingerprint density at radius 3 is 2.54 bits per heavy atom. The molecule has 1 N–H and O–H groups in total. The van der Waals surface area contributed by atoms with Crippen LogP contribution in [0.1, 0.15) is 32.1 Å². The minimum atomic E-state index is -4.30. The van der Waals surface area contributed by atoms with Gasteiger partial charge in [0.2, 0.25) is 5.91 Å². The Balaban J connectivity index is 2.56. The second-order valence-electron chi connectivity index (χ2n) is 3.26. The Kier molecular flexibility index (Phi) is 3.17. The molecule has 1 unspecified atom stereocenters. The first kappa shape index (κ1) is 10.3. The molecule has 76 valence electrons. The van der Waals surface area contributed by atoms with E-state index in [0.717, 1.165) is 0 Å². The van der Waals surface area contributed by atoms with E-state index in [-0.39, 0.29) is 12.8 Å². The summed E-state index contributed by atoms with van der Waals surface area (Å²) in [6.45, 7) is 0. The average Bonchev–Trinajstić information content (AvgIpc) is 1.94. The van der Waals surface area contributed by atoms with Gasteiger partial charge in [0, 0.05) is 6.42 Å². The number of alkyl halides is 3. The first-order chi connectivity index (χ1) is 6.00. The Labute approximate surface area is 74.5 Å². The van der Waals surface area contributed by atoms with Crippen LogP contribution in [0.3, 0.4) is 0 Å². The molecule has 1 saturated heterocycles. The van der Waals surface area contributed by atoms with E-state index in [0.29, 0.717) is 19.3 Å². The van der Waals surface area contributed by atoms with Gasteiger partial charge < -0.3 is 5.32 Å². The molecule has 1 atom stereocenters. The third-order valence-corrected chi connectivity index (χ3v) is 2.13. The lowest BCUT2D eigenvalue weighted by Gasteiger charge is -2.23. The molecule has 0 aromatic heterocycles. The number of nitrogens with one attached hydrogen (secondary N) is 1. The molecule has 0 bridgehead atoms. The highest BCUT2D eigenvalue weighted by Crippen LogP contribution is 2.25. The fourth-order valence-electron chi connectivity index (χ4n) is 1.39. The number of halogens is 3. The van der Waals surface area contributed by atoms with Crippen LogP contribution < -0.4 is 5.32 Å². The summed E-state index contributed by atoms with van der Waals surface area (Å²) in [6, 6.07) is -1.64. The van der Waals surface area contributed by atoms with Gasteiger partial charge in [0.15, 0.2) is 0 Å². The van der Waals surface area contributed by atoms with Gasteiger partial charge in [-0.05, 0) is 12.8 Å². The molecule has 1 heterocycles. The summed E-state index contributed by atoms with van der Waals surface area (Å²) >= 11 is 0. The lowest BCUT2D eigenvalue weighted by atomic mass is 10.0. The number of carbonyl (C=O) groups excluding carboxylic acids is 1. The Morgan fingerprint density at radius 2 is 1.92 bits per heavy atom. The van der Waals surface area contributed by atoms with Crippen LogP contribution >= 0.6 is 0 Å². The zero-order valence-corrected chi connectivity index (χ0v) is 7.16. The second kappa shape index (κ2) is 3.98. The van der Waals surface area contributed by atoms with Crippen LogP contribution in [0.2, 0.25) is 0 Å². The molecule has 0 aliphatic carbocycles. The zero-order valence-electron chi connectivity index (χ0n) is 7.16. The largest absolute Gasteiger partial charge is 0.408 e. The van der Waals surface area contributed by atoms with Crippen molar-refractivity contribution in [2.45, 2.75) is 44.3 Å². The number of hydrogen-bond donors (Lipinski definition) is 1. The van der Waals surface area contributed by atoms with Gasteiger partial charge in [0.05, 0.1) is 0 Å². The maximum Gasteiger partial charge on any atom is 0.408 e. The SMILES string of the molecule is O=C1CCCCCC(C(F)(F)F)N1. The smallest absolute Gasteiger partial charge is 0.344 e. The van der Waals surface area contributed by atoms with Gasteiger partial charge in [0.25, 0.3) is 0 Å². The van der Waals surface area contributed by atoms with Crippen LogP contribution in [-0.4, -0.2) is 18.1 Å². The minimum absolute atomic E-state index is 0.00917. The van der Waals surface area contributed by atoms with E-state index < -0.39 is 18.1 Å². The molecular weight excluding hydrogens is 183 g/mol. The summed E-state index contributed by atoms with van der Waals surface area (Å²) < 4.78 is 36.6. The molecule has 1 aliphatic rings. The summed E-state index contributed by atoms with van der Waals surface area (Å²) in [5, 5.41) is 1.99.